The van der Waals surface area contributed by atoms with Crippen molar-refractivity contribution in [3.63, 3.8) is 0 Å². The number of amides is 2. The van der Waals surface area contributed by atoms with Gasteiger partial charge in [0.1, 0.15) is 11.4 Å². The van der Waals surface area contributed by atoms with Gasteiger partial charge in [-0.25, -0.2) is 4.39 Å². The fraction of sp³-hybridized carbons (Fsp3) is 0.333. The molecule has 0 aliphatic carbocycles. The van der Waals surface area contributed by atoms with Crippen LogP contribution >= 0.6 is 0 Å². The summed E-state index contributed by atoms with van der Waals surface area (Å²) in [5.41, 5.74) is 7.45. The van der Waals surface area contributed by atoms with E-state index >= 15 is 0 Å². The van der Waals surface area contributed by atoms with Crippen molar-refractivity contribution < 1.29 is 14.0 Å². The Morgan fingerprint density at radius 2 is 1.94 bits per heavy atom. The highest BCUT2D eigenvalue weighted by molar-refractivity contribution is 5.93. The van der Waals surface area contributed by atoms with E-state index in [1.54, 1.807) is 17.2 Å². The normalized spacial score (nSPS) is 20.0. The van der Waals surface area contributed by atoms with Gasteiger partial charge in [-0.05, 0) is 35.1 Å². The van der Waals surface area contributed by atoms with Crippen LogP contribution in [0.4, 0.5) is 4.39 Å². The van der Waals surface area contributed by atoms with Crippen LogP contribution < -0.4 is 5.73 Å². The number of hydrogen-bond acceptors (Lipinski definition) is 4. The van der Waals surface area contributed by atoms with E-state index in [-0.39, 0.29) is 30.5 Å². The average Bonchev–Trinajstić information content (AvgIpc) is 3.20. The first-order valence-electron chi connectivity index (χ1n) is 11.5. The summed E-state index contributed by atoms with van der Waals surface area (Å²) in [6, 6.07) is 14.6. The van der Waals surface area contributed by atoms with Crippen LogP contribution in [0.2, 0.25) is 0 Å². The van der Waals surface area contributed by atoms with Crippen molar-refractivity contribution in [3.05, 3.63) is 95.3 Å². The maximum absolute atomic E-state index is 15.0. The molecule has 2 N–H and O–H groups in total. The van der Waals surface area contributed by atoms with Crippen molar-refractivity contribution in [1.29, 1.82) is 0 Å². The standard InChI is InChI=1S/C27H29FN4O2/c1-18(2)22-9-8-20(14-24(22)28)23-10-13-32(25(33)15-21-17-30-11-12-31-21)27(23,26(29)34)16-19-6-4-3-5-7-19/h3-9,11-12,14,17-18,23H,10,13,15-16H2,1-2H3,(H2,29,34). The lowest BCUT2D eigenvalue weighted by molar-refractivity contribution is -0.143. The number of halogens is 1. The summed E-state index contributed by atoms with van der Waals surface area (Å²) in [7, 11) is 0. The van der Waals surface area contributed by atoms with Gasteiger partial charge in [0.05, 0.1) is 12.1 Å². The van der Waals surface area contributed by atoms with E-state index in [1.807, 2.05) is 50.2 Å². The maximum atomic E-state index is 15.0. The summed E-state index contributed by atoms with van der Waals surface area (Å²) in [5, 5.41) is 0. The first-order valence-corrected chi connectivity index (χ1v) is 11.5. The topological polar surface area (TPSA) is 89.2 Å². The lowest BCUT2D eigenvalue weighted by Gasteiger charge is -2.40. The summed E-state index contributed by atoms with van der Waals surface area (Å²) >= 11 is 0. The fourth-order valence-corrected chi connectivity index (χ4v) is 5.09. The van der Waals surface area contributed by atoms with Gasteiger partial charge in [-0.15, -0.1) is 0 Å². The smallest absolute Gasteiger partial charge is 0.244 e. The molecule has 0 bridgehead atoms. The zero-order valence-electron chi connectivity index (χ0n) is 19.4. The molecule has 6 nitrogen and oxygen atoms in total. The number of likely N-dealkylation sites (tertiary alicyclic amines) is 1. The van der Waals surface area contributed by atoms with Crippen LogP contribution in [0.15, 0.2) is 67.1 Å². The number of nitrogens with two attached hydrogens (primary N) is 1. The second kappa shape index (κ2) is 9.71. The second-order valence-electron chi connectivity index (χ2n) is 9.15. The molecule has 2 heterocycles. The molecule has 0 saturated carbocycles. The van der Waals surface area contributed by atoms with Gasteiger partial charge >= 0.3 is 0 Å². The highest BCUT2D eigenvalue weighted by Gasteiger charge is 2.55. The Bertz CT molecular complexity index is 1170. The number of nitrogens with zero attached hydrogens (tertiary/aromatic N) is 3. The summed E-state index contributed by atoms with van der Waals surface area (Å²) in [6.45, 7) is 4.21. The van der Waals surface area contributed by atoms with Gasteiger partial charge in [0.25, 0.3) is 0 Å². The molecule has 176 valence electrons. The third kappa shape index (κ3) is 4.42. The maximum Gasteiger partial charge on any atom is 0.244 e. The van der Waals surface area contributed by atoms with Crippen molar-refractivity contribution in [3.8, 4) is 0 Å². The summed E-state index contributed by atoms with van der Waals surface area (Å²) in [4.78, 5) is 36.6. The van der Waals surface area contributed by atoms with Crippen molar-refractivity contribution in [1.82, 2.24) is 14.9 Å². The highest BCUT2D eigenvalue weighted by atomic mass is 19.1. The fourth-order valence-electron chi connectivity index (χ4n) is 5.09. The number of benzene rings is 2. The lowest BCUT2D eigenvalue weighted by Crippen LogP contribution is -2.60. The van der Waals surface area contributed by atoms with E-state index < -0.39 is 17.4 Å². The molecule has 0 spiro atoms. The van der Waals surface area contributed by atoms with Crippen LogP contribution in [0.5, 0.6) is 0 Å². The van der Waals surface area contributed by atoms with E-state index in [2.05, 4.69) is 9.97 Å². The Balaban J connectivity index is 1.78. The zero-order valence-corrected chi connectivity index (χ0v) is 19.4. The van der Waals surface area contributed by atoms with Crippen LogP contribution in [0, 0.1) is 5.82 Å². The number of carbonyl (C=O) groups excluding carboxylic acids is 2. The zero-order chi connectivity index (χ0) is 24.3. The SMILES string of the molecule is CC(C)c1ccc(C2CCN(C(=O)Cc3cnccn3)C2(Cc2ccccc2)C(N)=O)cc1F. The molecule has 34 heavy (non-hydrogen) atoms. The van der Waals surface area contributed by atoms with Gasteiger partial charge in [0.2, 0.25) is 11.8 Å². The van der Waals surface area contributed by atoms with E-state index in [0.717, 1.165) is 5.56 Å². The Morgan fingerprint density at radius 3 is 2.56 bits per heavy atom. The molecule has 7 heteroatoms. The number of rotatable bonds is 7. The second-order valence-corrected chi connectivity index (χ2v) is 9.15. The molecule has 2 aromatic carbocycles. The monoisotopic (exact) mass is 460 g/mol. The molecule has 4 rings (SSSR count). The molecule has 0 radical (unpaired) electrons. The first-order chi connectivity index (χ1) is 16.3. The Morgan fingerprint density at radius 1 is 1.18 bits per heavy atom. The van der Waals surface area contributed by atoms with Gasteiger partial charge in [0, 0.05) is 37.5 Å². The molecule has 2 amide bonds. The number of hydrogen-bond donors (Lipinski definition) is 1. The first kappa shape index (κ1) is 23.5. The number of aromatic nitrogens is 2. The Hall–Kier alpha value is -3.61. The molecule has 1 saturated heterocycles. The van der Waals surface area contributed by atoms with Crippen LogP contribution in [-0.4, -0.2) is 38.8 Å². The van der Waals surface area contributed by atoms with Crippen molar-refractivity contribution in [2.45, 2.75) is 50.5 Å². The third-order valence-corrected chi connectivity index (χ3v) is 6.74. The predicted octanol–water partition coefficient (Wildman–Crippen LogP) is 3.76. The minimum atomic E-state index is -1.33. The summed E-state index contributed by atoms with van der Waals surface area (Å²) in [6.07, 6.45) is 5.35. The van der Waals surface area contributed by atoms with Gasteiger partial charge in [-0.2, -0.15) is 0 Å². The van der Waals surface area contributed by atoms with Gasteiger partial charge < -0.3 is 10.6 Å². The number of carbonyl (C=O) groups is 2. The minimum absolute atomic E-state index is 0.00499. The largest absolute Gasteiger partial charge is 0.368 e. The predicted molar refractivity (Wildman–Crippen MR) is 127 cm³/mol. The molecular formula is C27H29FN4O2. The molecule has 1 aliphatic rings. The summed E-state index contributed by atoms with van der Waals surface area (Å²) < 4.78 is 15.0. The molecule has 1 fully saturated rings. The molecule has 3 aromatic rings. The van der Waals surface area contributed by atoms with Gasteiger partial charge in [0.15, 0.2) is 0 Å². The van der Waals surface area contributed by atoms with E-state index in [4.69, 9.17) is 5.73 Å². The number of primary amides is 1. The lowest BCUT2D eigenvalue weighted by atomic mass is 9.74. The third-order valence-electron chi connectivity index (χ3n) is 6.74. The van der Waals surface area contributed by atoms with E-state index in [9.17, 15) is 14.0 Å². The van der Waals surface area contributed by atoms with Crippen molar-refractivity contribution in [2.75, 3.05) is 6.54 Å². The average molecular weight is 461 g/mol. The van der Waals surface area contributed by atoms with Crippen molar-refractivity contribution >= 4 is 11.8 Å². The molecule has 2 atom stereocenters. The van der Waals surface area contributed by atoms with Crippen molar-refractivity contribution in [2.24, 2.45) is 5.73 Å². The van der Waals surface area contributed by atoms with Crippen LogP contribution in [0.3, 0.4) is 0 Å². The minimum Gasteiger partial charge on any atom is -0.368 e. The van der Waals surface area contributed by atoms with Gasteiger partial charge in [-0.1, -0.05) is 56.3 Å². The Kier molecular flexibility index (Phi) is 6.72. The quantitative estimate of drug-likeness (QED) is 0.581. The van der Waals surface area contributed by atoms with Crippen LogP contribution in [0.1, 0.15) is 54.5 Å². The molecule has 1 aromatic heterocycles. The highest BCUT2D eigenvalue weighted by Crippen LogP contribution is 2.45. The van der Waals surface area contributed by atoms with Gasteiger partial charge in [-0.3, -0.25) is 19.6 Å². The van der Waals surface area contributed by atoms with E-state index in [1.165, 1.54) is 18.5 Å². The van der Waals surface area contributed by atoms with Crippen LogP contribution in [0.25, 0.3) is 0 Å². The molecular weight excluding hydrogens is 431 g/mol. The van der Waals surface area contributed by atoms with Crippen LogP contribution in [-0.2, 0) is 22.4 Å². The molecule has 1 aliphatic heterocycles. The van der Waals surface area contributed by atoms with E-state index in [0.29, 0.717) is 29.8 Å². The Labute approximate surface area is 199 Å². The molecule has 2 unspecified atom stereocenters. The summed E-state index contributed by atoms with van der Waals surface area (Å²) in [5.74, 6) is -1.56.